The van der Waals surface area contributed by atoms with Crippen molar-refractivity contribution in [3.05, 3.63) is 35.9 Å². The van der Waals surface area contributed by atoms with E-state index in [1.54, 1.807) is 0 Å². The molecule has 138 valence electrons. The van der Waals surface area contributed by atoms with E-state index in [1.807, 2.05) is 30.3 Å². The number of likely N-dealkylation sites (N-methyl/N-ethyl adjacent to an activating group) is 1. The molecule has 4 rings (SSSR count). The zero-order valence-corrected chi connectivity index (χ0v) is 17.4. The van der Waals surface area contributed by atoms with Crippen LogP contribution in [0.4, 0.5) is 0 Å². The number of piperidine rings is 1. The quantitative estimate of drug-likeness (QED) is 0.431. The summed E-state index contributed by atoms with van der Waals surface area (Å²) in [6, 6.07) is 10.0. The van der Waals surface area contributed by atoms with E-state index in [4.69, 9.17) is 14.2 Å². The average molecular weight is 387 g/mol. The molecule has 0 aliphatic carbocycles. The van der Waals surface area contributed by atoms with Crippen molar-refractivity contribution in [2.24, 2.45) is 0 Å². The molecule has 3 aliphatic heterocycles. The minimum Gasteiger partial charge on any atom is -1.00 e. The van der Waals surface area contributed by atoms with Gasteiger partial charge in [-0.2, -0.15) is 0 Å². The molecule has 1 unspecified atom stereocenters. The van der Waals surface area contributed by atoms with Gasteiger partial charge in [-0.25, -0.2) is 0 Å². The first-order valence-corrected chi connectivity index (χ1v) is 8.81. The molecular formula is C19H25CaNO5. The standard InChI is InChI=1S/C19H23NO5.Ca.2H/c1-11(21)23-10-14(12-6-4-3-5-7-12)19(22)24-13-8-15-17-18(25-17)16(9-13)20(15)2;;;/h3-7,13-18H,8-10H2,1-2H3;;;/q;+2;2*-1/t13?,14-,15-,16+,17-,18+;;;/m1.../s1. The SMILES string of the molecule is CC(=O)OC[C@@H](C(=O)OC1C[C@@H]2[C@H]3O[C@H]3[C@H](C1)N2C)c1ccccc1.[Ca+2].[H-].[H-]. The van der Waals surface area contributed by atoms with Crippen LogP contribution in [0.3, 0.4) is 0 Å². The Kier molecular flexibility index (Phi) is 6.29. The van der Waals surface area contributed by atoms with Crippen LogP contribution < -0.4 is 0 Å². The molecule has 0 saturated carbocycles. The van der Waals surface area contributed by atoms with Gasteiger partial charge in [0.2, 0.25) is 0 Å². The van der Waals surface area contributed by atoms with E-state index < -0.39 is 11.9 Å². The first-order chi connectivity index (χ1) is 12.0. The number of carbonyl (C=O) groups is 2. The number of morpholine rings is 1. The summed E-state index contributed by atoms with van der Waals surface area (Å²) in [5.41, 5.74) is 0.802. The predicted molar refractivity (Wildman–Crippen MR) is 96.9 cm³/mol. The summed E-state index contributed by atoms with van der Waals surface area (Å²) in [7, 11) is 2.12. The van der Waals surface area contributed by atoms with Crippen LogP contribution in [0, 0.1) is 0 Å². The number of hydrogen-bond donors (Lipinski definition) is 0. The molecule has 6 atom stereocenters. The number of esters is 2. The van der Waals surface area contributed by atoms with Crippen LogP contribution in [0.15, 0.2) is 30.3 Å². The Bertz CT molecular complexity index is 662. The number of rotatable bonds is 5. The monoisotopic (exact) mass is 387 g/mol. The van der Waals surface area contributed by atoms with Crippen LogP contribution in [-0.2, 0) is 23.8 Å². The summed E-state index contributed by atoms with van der Waals surface area (Å²) >= 11 is 0. The zero-order chi connectivity index (χ0) is 17.6. The number of nitrogens with zero attached hydrogens (tertiary/aromatic N) is 1. The van der Waals surface area contributed by atoms with Crippen LogP contribution in [0.5, 0.6) is 0 Å². The molecule has 0 spiro atoms. The molecule has 26 heavy (non-hydrogen) atoms. The molecule has 0 aromatic heterocycles. The topological polar surface area (TPSA) is 68.4 Å². The maximum absolute atomic E-state index is 12.8. The molecule has 3 fully saturated rings. The van der Waals surface area contributed by atoms with Gasteiger partial charge in [-0.15, -0.1) is 0 Å². The molecule has 1 aromatic carbocycles. The summed E-state index contributed by atoms with van der Waals surface area (Å²) in [5, 5.41) is 0. The maximum Gasteiger partial charge on any atom is 2.00 e. The molecule has 3 heterocycles. The zero-order valence-electron chi connectivity index (χ0n) is 17.2. The molecule has 7 heteroatoms. The van der Waals surface area contributed by atoms with Crippen LogP contribution in [0.25, 0.3) is 0 Å². The van der Waals surface area contributed by atoms with E-state index in [1.165, 1.54) is 6.92 Å². The van der Waals surface area contributed by atoms with Crippen LogP contribution in [-0.4, -0.2) is 98.6 Å². The Morgan fingerprint density at radius 1 is 1.23 bits per heavy atom. The Labute approximate surface area is 186 Å². The molecule has 3 aliphatic rings. The van der Waals surface area contributed by atoms with Gasteiger partial charge in [-0.3, -0.25) is 14.5 Å². The van der Waals surface area contributed by atoms with Crippen molar-refractivity contribution in [3.8, 4) is 0 Å². The summed E-state index contributed by atoms with van der Waals surface area (Å²) in [6.45, 7) is 1.35. The van der Waals surface area contributed by atoms with Gasteiger partial charge in [0.25, 0.3) is 0 Å². The summed E-state index contributed by atoms with van der Waals surface area (Å²) < 4.78 is 16.6. The van der Waals surface area contributed by atoms with Gasteiger partial charge in [0.05, 0.1) is 0 Å². The van der Waals surface area contributed by atoms with Crippen molar-refractivity contribution in [3.63, 3.8) is 0 Å². The van der Waals surface area contributed by atoms with Crippen molar-refractivity contribution >= 4 is 49.7 Å². The van der Waals surface area contributed by atoms with Gasteiger partial charge < -0.3 is 17.1 Å². The average Bonchev–Trinajstić information content (AvgIpc) is 3.34. The minimum absolute atomic E-state index is 0. The number of fused-ring (bicyclic) bond motifs is 5. The van der Waals surface area contributed by atoms with Crippen molar-refractivity contribution in [1.29, 1.82) is 0 Å². The minimum atomic E-state index is -0.590. The normalized spacial score (nSPS) is 32.8. The summed E-state index contributed by atoms with van der Waals surface area (Å²) in [4.78, 5) is 26.3. The fourth-order valence-corrected chi connectivity index (χ4v) is 4.23. The van der Waals surface area contributed by atoms with Crippen molar-refractivity contribution in [2.45, 2.75) is 56.1 Å². The van der Waals surface area contributed by atoms with E-state index in [0.717, 1.165) is 18.4 Å². The Morgan fingerprint density at radius 2 is 1.85 bits per heavy atom. The second-order valence-electron chi connectivity index (χ2n) is 7.16. The third-order valence-electron chi connectivity index (χ3n) is 5.60. The van der Waals surface area contributed by atoms with Crippen molar-refractivity contribution in [2.75, 3.05) is 13.7 Å². The predicted octanol–water partition coefficient (Wildman–Crippen LogP) is 1.33. The van der Waals surface area contributed by atoms with E-state index in [2.05, 4.69) is 11.9 Å². The number of ether oxygens (including phenoxy) is 3. The smallest absolute Gasteiger partial charge is 1.00 e. The summed E-state index contributed by atoms with van der Waals surface area (Å²) in [5.74, 6) is -1.31. The molecule has 0 amide bonds. The van der Waals surface area contributed by atoms with Gasteiger partial charge >= 0.3 is 49.7 Å². The number of hydrogen-bond acceptors (Lipinski definition) is 6. The number of carbonyl (C=O) groups excluding carboxylic acids is 2. The van der Waals surface area contributed by atoms with E-state index in [-0.39, 0.29) is 59.3 Å². The van der Waals surface area contributed by atoms with Gasteiger partial charge in [-0.1, -0.05) is 30.3 Å². The van der Waals surface area contributed by atoms with Gasteiger partial charge in [0, 0.05) is 31.8 Å². The molecule has 2 bridgehead atoms. The third-order valence-corrected chi connectivity index (χ3v) is 5.60. The van der Waals surface area contributed by atoms with E-state index in [9.17, 15) is 9.59 Å². The number of benzene rings is 1. The fraction of sp³-hybridized carbons (Fsp3) is 0.579. The second-order valence-corrected chi connectivity index (χ2v) is 7.16. The largest absolute Gasteiger partial charge is 2.00 e. The van der Waals surface area contributed by atoms with Crippen LogP contribution in [0.2, 0.25) is 0 Å². The molecule has 0 N–H and O–H groups in total. The Hall–Kier alpha value is -0.660. The number of epoxide rings is 1. The van der Waals surface area contributed by atoms with E-state index >= 15 is 0 Å². The van der Waals surface area contributed by atoms with Crippen molar-refractivity contribution in [1.82, 2.24) is 4.90 Å². The molecule has 0 radical (unpaired) electrons. The van der Waals surface area contributed by atoms with Gasteiger partial charge in [0.1, 0.15) is 30.8 Å². The Morgan fingerprint density at radius 3 is 2.42 bits per heavy atom. The Balaban J connectivity index is 0.00000131. The van der Waals surface area contributed by atoms with Crippen molar-refractivity contribution < 1.29 is 26.7 Å². The third kappa shape index (κ3) is 3.94. The maximum atomic E-state index is 12.8. The van der Waals surface area contributed by atoms with Crippen LogP contribution in [0.1, 0.15) is 34.1 Å². The van der Waals surface area contributed by atoms with Crippen LogP contribution >= 0.6 is 0 Å². The van der Waals surface area contributed by atoms with E-state index in [0.29, 0.717) is 24.3 Å². The van der Waals surface area contributed by atoms with Gasteiger partial charge in [-0.05, 0) is 12.6 Å². The summed E-state index contributed by atoms with van der Waals surface area (Å²) in [6.07, 6.45) is 2.12. The first-order valence-electron chi connectivity index (χ1n) is 8.81. The molecule has 3 saturated heterocycles. The molecule has 6 nitrogen and oxygen atoms in total. The second kappa shape index (κ2) is 8.15. The fourth-order valence-electron chi connectivity index (χ4n) is 4.23. The van der Waals surface area contributed by atoms with Gasteiger partial charge in [0.15, 0.2) is 0 Å². The first kappa shape index (κ1) is 20.1. The molecule has 1 aromatic rings. The molecular weight excluding hydrogens is 362 g/mol.